The van der Waals surface area contributed by atoms with Crippen LogP contribution in [0, 0.1) is 6.92 Å². The fourth-order valence-electron chi connectivity index (χ4n) is 4.54. The predicted molar refractivity (Wildman–Crippen MR) is 109 cm³/mol. The molecule has 2 atom stereocenters. The van der Waals surface area contributed by atoms with Crippen molar-refractivity contribution in [2.75, 3.05) is 32.7 Å². The maximum atomic E-state index is 12.4. The molecule has 6 heteroatoms. The summed E-state index contributed by atoms with van der Waals surface area (Å²) in [6.45, 7) is 6.83. The zero-order valence-electron chi connectivity index (χ0n) is 16.6. The third-order valence-corrected chi connectivity index (χ3v) is 6.04. The molecule has 3 heterocycles. The van der Waals surface area contributed by atoms with Crippen molar-refractivity contribution in [3.63, 3.8) is 0 Å². The van der Waals surface area contributed by atoms with Gasteiger partial charge >= 0.3 is 0 Å². The van der Waals surface area contributed by atoms with Crippen molar-refractivity contribution in [2.45, 2.75) is 44.9 Å². The highest BCUT2D eigenvalue weighted by molar-refractivity contribution is 5.29. The molecular weight excluding hydrogens is 352 g/mol. The molecule has 2 aliphatic heterocycles. The fourth-order valence-corrected chi connectivity index (χ4v) is 4.54. The molecule has 2 aliphatic rings. The van der Waals surface area contributed by atoms with Gasteiger partial charge in [-0.25, -0.2) is 4.68 Å². The Balaban J connectivity index is 1.33. The Labute approximate surface area is 166 Å². The number of hydrogen-bond acceptors (Lipinski definition) is 5. The van der Waals surface area contributed by atoms with Gasteiger partial charge in [-0.2, -0.15) is 5.10 Å². The number of piperidine rings is 1. The summed E-state index contributed by atoms with van der Waals surface area (Å²) in [5.74, 6) is 0. The lowest BCUT2D eigenvalue weighted by molar-refractivity contribution is 0.0527. The lowest BCUT2D eigenvalue weighted by Gasteiger charge is -2.36. The van der Waals surface area contributed by atoms with E-state index in [1.54, 1.807) is 16.9 Å². The summed E-state index contributed by atoms with van der Waals surface area (Å²) in [4.78, 5) is 17.0. The van der Waals surface area contributed by atoms with Gasteiger partial charge in [0.25, 0.3) is 5.56 Å². The first-order valence-electron chi connectivity index (χ1n) is 10.3. The van der Waals surface area contributed by atoms with Gasteiger partial charge in [0.05, 0.1) is 12.1 Å². The van der Waals surface area contributed by atoms with E-state index < -0.39 is 0 Å². The summed E-state index contributed by atoms with van der Waals surface area (Å²) in [6.07, 6.45) is 4.36. The number of aryl methyl sites for hydroxylation is 1. The summed E-state index contributed by atoms with van der Waals surface area (Å²) in [6, 6.07) is 10.4. The molecule has 0 saturated carbocycles. The molecule has 0 bridgehead atoms. The highest BCUT2D eigenvalue weighted by atomic mass is 16.3. The molecule has 1 aromatic carbocycles. The number of β-amino-alcohol motifs (C(OH)–C–C–N with tert-alkyl or cyclic N) is 1. The van der Waals surface area contributed by atoms with Crippen LogP contribution in [0.4, 0.5) is 0 Å². The van der Waals surface area contributed by atoms with E-state index in [-0.39, 0.29) is 17.7 Å². The van der Waals surface area contributed by atoms with Gasteiger partial charge in [0.1, 0.15) is 0 Å². The molecule has 1 fully saturated rings. The average molecular weight is 383 g/mol. The number of benzene rings is 1. The Kier molecular flexibility index (Phi) is 5.90. The molecule has 2 aromatic rings. The Morgan fingerprint density at radius 2 is 1.93 bits per heavy atom. The Hall–Kier alpha value is -2.02. The molecule has 0 radical (unpaired) electrons. The normalized spacial score (nSPS) is 22.0. The van der Waals surface area contributed by atoms with E-state index in [9.17, 15) is 9.90 Å². The van der Waals surface area contributed by atoms with E-state index in [1.165, 1.54) is 11.1 Å². The first kappa shape index (κ1) is 19.3. The van der Waals surface area contributed by atoms with Crippen LogP contribution in [0.25, 0.3) is 0 Å². The molecule has 0 aliphatic carbocycles. The third kappa shape index (κ3) is 4.35. The van der Waals surface area contributed by atoms with Gasteiger partial charge in [0.2, 0.25) is 0 Å². The molecule has 1 aromatic heterocycles. The highest BCUT2D eigenvalue weighted by Gasteiger charge is 2.26. The van der Waals surface area contributed by atoms with E-state index in [4.69, 9.17) is 0 Å². The summed E-state index contributed by atoms with van der Waals surface area (Å²) in [5.41, 5.74) is 3.55. The van der Waals surface area contributed by atoms with Crippen molar-refractivity contribution in [1.82, 2.24) is 19.6 Å². The van der Waals surface area contributed by atoms with Crippen LogP contribution in [0.15, 0.2) is 41.3 Å². The predicted octanol–water partition coefficient (Wildman–Crippen LogP) is 1.61. The first-order valence-corrected chi connectivity index (χ1v) is 10.3. The lowest BCUT2D eigenvalue weighted by atomic mass is 9.99. The van der Waals surface area contributed by atoms with Crippen molar-refractivity contribution < 1.29 is 5.11 Å². The lowest BCUT2D eigenvalue weighted by Crippen LogP contribution is -2.46. The minimum absolute atomic E-state index is 0.00174. The Morgan fingerprint density at radius 3 is 2.79 bits per heavy atom. The molecule has 6 nitrogen and oxygen atoms in total. The van der Waals surface area contributed by atoms with Gasteiger partial charge in [-0.1, -0.05) is 24.3 Å². The van der Waals surface area contributed by atoms with E-state index in [0.717, 1.165) is 51.0 Å². The molecule has 4 rings (SSSR count). The monoisotopic (exact) mass is 382 g/mol. The van der Waals surface area contributed by atoms with Crippen LogP contribution in [-0.4, -0.2) is 63.5 Å². The topological polar surface area (TPSA) is 61.6 Å². The number of rotatable bonds is 5. The van der Waals surface area contributed by atoms with E-state index in [2.05, 4.69) is 39.2 Å². The van der Waals surface area contributed by atoms with Crippen LogP contribution in [-0.2, 0) is 13.0 Å². The number of aliphatic hydroxyl groups is 1. The molecule has 1 N–H and O–H groups in total. The Bertz CT molecular complexity index is 866. The zero-order chi connectivity index (χ0) is 19.5. The van der Waals surface area contributed by atoms with Crippen LogP contribution < -0.4 is 5.56 Å². The standard InChI is InChI=1S/C22H30N4O2/c1-17-8-10-23-26(22(17)28)20-7-4-11-24(14-20)15-21(27)16-25-12-9-18-5-2-3-6-19(18)13-25/h2-3,5-6,8,10,20-21,27H,4,7,9,11-16H2,1H3/t20-,21-/m1/s1. The number of fused-ring (bicyclic) bond motifs is 1. The number of aromatic nitrogens is 2. The summed E-state index contributed by atoms with van der Waals surface area (Å²) in [5, 5.41) is 15.0. The molecule has 28 heavy (non-hydrogen) atoms. The van der Waals surface area contributed by atoms with Crippen LogP contribution in [0.5, 0.6) is 0 Å². The SMILES string of the molecule is Cc1ccnn([C@@H]2CCCN(C[C@@H](O)CN3CCc4ccccc4C3)C2)c1=O. The Morgan fingerprint density at radius 1 is 1.14 bits per heavy atom. The summed E-state index contributed by atoms with van der Waals surface area (Å²) < 4.78 is 1.63. The number of nitrogens with zero attached hydrogens (tertiary/aromatic N) is 4. The van der Waals surface area contributed by atoms with Crippen LogP contribution in [0.1, 0.15) is 35.6 Å². The van der Waals surface area contributed by atoms with Crippen molar-refractivity contribution in [2.24, 2.45) is 0 Å². The van der Waals surface area contributed by atoms with Crippen molar-refractivity contribution in [3.05, 3.63) is 63.6 Å². The van der Waals surface area contributed by atoms with Crippen LogP contribution in [0.2, 0.25) is 0 Å². The number of likely N-dealkylation sites (tertiary alicyclic amines) is 1. The molecule has 150 valence electrons. The number of aliphatic hydroxyl groups excluding tert-OH is 1. The van der Waals surface area contributed by atoms with E-state index in [0.29, 0.717) is 13.1 Å². The minimum Gasteiger partial charge on any atom is -0.390 e. The summed E-state index contributed by atoms with van der Waals surface area (Å²) in [7, 11) is 0. The molecular formula is C22H30N4O2. The van der Waals surface area contributed by atoms with Crippen LogP contribution in [0.3, 0.4) is 0 Å². The summed E-state index contributed by atoms with van der Waals surface area (Å²) >= 11 is 0. The molecule has 0 spiro atoms. The largest absolute Gasteiger partial charge is 0.390 e. The quantitative estimate of drug-likeness (QED) is 0.851. The van der Waals surface area contributed by atoms with Gasteiger partial charge in [-0.3, -0.25) is 14.6 Å². The maximum absolute atomic E-state index is 12.4. The van der Waals surface area contributed by atoms with E-state index in [1.807, 2.05) is 6.92 Å². The van der Waals surface area contributed by atoms with Crippen molar-refractivity contribution in [3.8, 4) is 0 Å². The molecule has 0 amide bonds. The average Bonchev–Trinajstić information content (AvgIpc) is 2.70. The second-order valence-corrected chi connectivity index (χ2v) is 8.23. The maximum Gasteiger partial charge on any atom is 0.269 e. The highest BCUT2D eigenvalue weighted by Crippen LogP contribution is 2.21. The van der Waals surface area contributed by atoms with Crippen molar-refractivity contribution in [1.29, 1.82) is 0 Å². The molecule has 1 saturated heterocycles. The third-order valence-electron chi connectivity index (χ3n) is 6.04. The van der Waals surface area contributed by atoms with Gasteiger partial charge < -0.3 is 5.11 Å². The second-order valence-electron chi connectivity index (χ2n) is 8.23. The van der Waals surface area contributed by atoms with Gasteiger partial charge in [-0.05, 0) is 49.9 Å². The van der Waals surface area contributed by atoms with Gasteiger partial charge in [0.15, 0.2) is 0 Å². The van der Waals surface area contributed by atoms with E-state index >= 15 is 0 Å². The van der Waals surface area contributed by atoms with Gasteiger partial charge in [0, 0.05) is 44.5 Å². The smallest absolute Gasteiger partial charge is 0.269 e. The van der Waals surface area contributed by atoms with Crippen LogP contribution >= 0.6 is 0 Å². The minimum atomic E-state index is -0.383. The van der Waals surface area contributed by atoms with Gasteiger partial charge in [-0.15, -0.1) is 0 Å². The first-order chi connectivity index (χ1) is 13.6. The zero-order valence-corrected chi connectivity index (χ0v) is 16.6. The number of hydrogen-bond donors (Lipinski definition) is 1. The van der Waals surface area contributed by atoms with Crippen molar-refractivity contribution >= 4 is 0 Å². The fraction of sp³-hybridized carbons (Fsp3) is 0.545. The molecule has 0 unspecified atom stereocenters. The second kappa shape index (κ2) is 8.55.